The number of nitro groups is 1. The number of nitro benzene ring substituents is 1. The normalized spacial score (nSPS) is 13.6. The first kappa shape index (κ1) is 18.7. The Bertz CT molecular complexity index is 911. The third-order valence-electron chi connectivity index (χ3n) is 3.86. The van der Waals surface area contributed by atoms with Crippen molar-refractivity contribution in [2.24, 2.45) is 0 Å². The number of Topliss-reactive ketones (excluding diaryl/α,β-unsaturated/α-hetero) is 1. The van der Waals surface area contributed by atoms with Crippen LogP contribution in [0.25, 0.3) is 0 Å². The van der Waals surface area contributed by atoms with E-state index in [1.807, 2.05) is 0 Å². The van der Waals surface area contributed by atoms with E-state index in [2.05, 4.69) is 0 Å². The van der Waals surface area contributed by atoms with E-state index >= 15 is 0 Å². The van der Waals surface area contributed by atoms with Crippen LogP contribution < -0.4 is 9.47 Å². The van der Waals surface area contributed by atoms with E-state index in [0.717, 1.165) is 6.07 Å². The van der Waals surface area contributed by atoms with Crippen LogP contribution in [-0.2, 0) is 4.74 Å². The second-order valence-electron chi connectivity index (χ2n) is 5.69. The molecule has 9 heteroatoms. The van der Waals surface area contributed by atoms with E-state index < -0.39 is 28.5 Å². The van der Waals surface area contributed by atoms with E-state index in [4.69, 9.17) is 25.8 Å². The molecule has 0 N–H and O–H groups in total. The lowest BCUT2D eigenvalue weighted by Gasteiger charge is -2.19. The average Bonchev–Trinajstić information content (AvgIpc) is 2.66. The summed E-state index contributed by atoms with van der Waals surface area (Å²) in [6.45, 7) is 1.89. The van der Waals surface area contributed by atoms with Gasteiger partial charge < -0.3 is 14.2 Å². The van der Waals surface area contributed by atoms with Gasteiger partial charge in [0.2, 0.25) is 5.78 Å². The maximum absolute atomic E-state index is 12.5. The molecule has 0 radical (unpaired) electrons. The maximum Gasteiger partial charge on any atom is 0.346 e. The summed E-state index contributed by atoms with van der Waals surface area (Å²) >= 11 is 5.78. The van der Waals surface area contributed by atoms with Crippen molar-refractivity contribution >= 4 is 29.0 Å². The zero-order valence-corrected chi connectivity index (χ0v) is 14.9. The molecule has 1 aliphatic heterocycles. The van der Waals surface area contributed by atoms with Gasteiger partial charge >= 0.3 is 5.97 Å². The van der Waals surface area contributed by atoms with Crippen LogP contribution in [0.3, 0.4) is 0 Å². The smallest absolute Gasteiger partial charge is 0.346 e. The highest BCUT2D eigenvalue weighted by atomic mass is 35.5. The third kappa shape index (κ3) is 4.01. The first-order valence-electron chi connectivity index (χ1n) is 7.95. The molecule has 0 bridgehead atoms. The molecule has 1 atom stereocenters. The number of nitrogens with zero attached hydrogens (tertiary/aromatic N) is 1. The van der Waals surface area contributed by atoms with Gasteiger partial charge in [0.25, 0.3) is 5.69 Å². The Kier molecular flexibility index (Phi) is 5.27. The number of ether oxygens (including phenoxy) is 3. The molecule has 0 unspecified atom stereocenters. The van der Waals surface area contributed by atoms with Crippen LogP contribution in [0.5, 0.6) is 11.5 Å². The molecule has 1 aliphatic rings. The Balaban J connectivity index is 1.83. The van der Waals surface area contributed by atoms with Crippen molar-refractivity contribution < 1.29 is 28.7 Å². The van der Waals surface area contributed by atoms with Crippen molar-refractivity contribution in [3.05, 3.63) is 62.7 Å². The highest BCUT2D eigenvalue weighted by Gasteiger charge is 2.29. The van der Waals surface area contributed by atoms with Crippen molar-refractivity contribution in [2.75, 3.05) is 13.2 Å². The molecule has 0 aromatic heterocycles. The molecule has 0 spiro atoms. The van der Waals surface area contributed by atoms with Gasteiger partial charge in [0.15, 0.2) is 17.6 Å². The fraction of sp³-hybridized carbons (Fsp3) is 0.222. The van der Waals surface area contributed by atoms with Crippen LogP contribution in [0.15, 0.2) is 36.4 Å². The summed E-state index contributed by atoms with van der Waals surface area (Å²) in [7, 11) is 0. The predicted molar refractivity (Wildman–Crippen MR) is 94.7 cm³/mol. The minimum atomic E-state index is -1.15. The van der Waals surface area contributed by atoms with Gasteiger partial charge in [0, 0.05) is 16.7 Å². The zero-order valence-electron chi connectivity index (χ0n) is 14.1. The number of rotatable bonds is 5. The second kappa shape index (κ2) is 7.63. The molecular formula is C18H14ClNO7. The largest absolute Gasteiger partial charge is 0.486 e. The number of fused-ring (bicyclic) bond motifs is 1. The third-order valence-corrected chi connectivity index (χ3v) is 4.11. The summed E-state index contributed by atoms with van der Waals surface area (Å²) in [5.74, 6) is -1.08. The summed E-state index contributed by atoms with van der Waals surface area (Å²) in [6.07, 6.45) is -1.15. The average molecular weight is 392 g/mol. The van der Waals surface area contributed by atoms with Gasteiger partial charge in [-0.1, -0.05) is 11.6 Å². The summed E-state index contributed by atoms with van der Waals surface area (Å²) in [4.78, 5) is 35.4. The number of hydrogen-bond acceptors (Lipinski definition) is 7. The standard InChI is InChI=1S/C18H14ClNO7/c1-10(17(21)11-2-4-12(19)5-3-11)27-18(22)13-8-15-16(26-7-6-25-15)9-14(13)20(23)24/h2-5,8-10H,6-7H2,1H3/t10-/m1/s1. The van der Waals surface area contributed by atoms with E-state index in [-0.39, 0.29) is 30.3 Å². The Labute approximate surface area is 158 Å². The van der Waals surface area contributed by atoms with Crippen LogP contribution in [0.1, 0.15) is 27.6 Å². The number of benzene rings is 2. The van der Waals surface area contributed by atoms with Crippen LogP contribution in [0.4, 0.5) is 5.69 Å². The fourth-order valence-electron chi connectivity index (χ4n) is 2.52. The molecule has 0 saturated carbocycles. The number of carbonyl (C=O) groups is 2. The first-order chi connectivity index (χ1) is 12.9. The van der Waals surface area contributed by atoms with Crippen molar-refractivity contribution in [3.63, 3.8) is 0 Å². The lowest BCUT2D eigenvalue weighted by Crippen LogP contribution is -2.25. The number of esters is 1. The zero-order chi connectivity index (χ0) is 19.6. The molecule has 1 heterocycles. The molecule has 0 aliphatic carbocycles. The summed E-state index contributed by atoms with van der Waals surface area (Å²) in [6, 6.07) is 8.37. The number of ketones is 1. The van der Waals surface area contributed by atoms with Gasteiger partial charge in [-0.15, -0.1) is 0 Å². The van der Waals surface area contributed by atoms with Crippen molar-refractivity contribution in [3.8, 4) is 11.5 Å². The van der Waals surface area contributed by atoms with Gasteiger partial charge in [-0.25, -0.2) is 4.79 Å². The molecule has 2 aromatic carbocycles. The summed E-state index contributed by atoms with van der Waals surface area (Å²) in [5.41, 5.74) is -0.508. The van der Waals surface area contributed by atoms with Crippen LogP contribution in [-0.4, -0.2) is 36.0 Å². The van der Waals surface area contributed by atoms with E-state index in [1.165, 1.54) is 37.3 Å². The molecule has 2 aromatic rings. The predicted octanol–water partition coefficient (Wildman–Crippen LogP) is 3.45. The van der Waals surface area contributed by atoms with Gasteiger partial charge in [-0.2, -0.15) is 0 Å². The van der Waals surface area contributed by atoms with Crippen molar-refractivity contribution in [1.29, 1.82) is 0 Å². The first-order valence-corrected chi connectivity index (χ1v) is 8.33. The van der Waals surface area contributed by atoms with E-state index in [9.17, 15) is 19.7 Å². The van der Waals surface area contributed by atoms with Gasteiger partial charge in [-0.05, 0) is 31.2 Å². The molecule has 0 saturated heterocycles. The minimum Gasteiger partial charge on any atom is -0.486 e. The Morgan fingerprint density at radius 3 is 2.33 bits per heavy atom. The monoisotopic (exact) mass is 391 g/mol. The van der Waals surface area contributed by atoms with Gasteiger partial charge in [-0.3, -0.25) is 14.9 Å². The maximum atomic E-state index is 12.5. The van der Waals surface area contributed by atoms with E-state index in [0.29, 0.717) is 10.6 Å². The summed E-state index contributed by atoms with van der Waals surface area (Å²) in [5, 5.41) is 11.8. The number of carbonyl (C=O) groups excluding carboxylic acids is 2. The highest BCUT2D eigenvalue weighted by molar-refractivity contribution is 6.30. The lowest BCUT2D eigenvalue weighted by molar-refractivity contribution is -0.385. The molecular weight excluding hydrogens is 378 g/mol. The number of hydrogen-bond donors (Lipinski definition) is 0. The summed E-state index contributed by atoms with van der Waals surface area (Å²) < 4.78 is 15.8. The second-order valence-corrected chi connectivity index (χ2v) is 6.13. The number of halogens is 1. The molecule has 27 heavy (non-hydrogen) atoms. The Morgan fingerprint density at radius 1 is 1.15 bits per heavy atom. The SMILES string of the molecule is C[C@@H](OC(=O)c1cc2c(cc1[N+](=O)[O-])OCCO2)C(=O)c1ccc(Cl)cc1. The van der Waals surface area contributed by atoms with Crippen LogP contribution in [0.2, 0.25) is 5.02 Å². The highest BCUT2D eigenvalue weighted by Crippen LogP contribution is 2.37. The van der Waals surface area contributed by atoms with Gasteiger partial charge in [0.05, 0.1) is 11.0 Å². The van der Waals surface area contributed by atoms with E-state index in [1.54, 1.807) is 0 Å². The molecule has 0 fully saturated rings. The Hall–Kier alpha value is -3.13. The van der Waals surface area contributed by atoms with Crippen molar-refractivity contribution in [1.82, 2.24) is 0 Å². The quantitative estimate of drug-likeness (QED) is 0.332. The van der Waals surface area contributed by atoms with Crippen molar-refractivity contribution in [2.45, 2.75) is 13.0 Å². The fourth-order valence-corrected chi connectivity index (χ4v) is 2.65. The topological polar surface area (TPSA) is 105 Å². The van der Waals surface area contributed by atoms with Gasteiger partial charge in [0.1, 0.15) is 18.8 Å². The molecule has 3 rings (SSSR count). The molecule has 140 valence electrons. The lowest BCUT2D eigenvalue weighted by atomic mass is 10.1. The van der Waals surface area contributed by atoms with Crippen LogP contribution >= 0.6 is 11.6 Å². The molecule has 8 nitrogen and oxygen atoms in total. The minimum absolute atomic E-state index is 0.176. The van der Waals surface area contributed by atoms with Crippen LogP contribution in [0, 0.1) is 10.1 Å². The Morgan fingerprint density at radius 2 is 1.74 bits per heavy atom. The molecule has 0 amide bonds.